The second kappa shape index (κ2) is 5.18. The molecule has 1 aliphatic carbocycles. The van der Waals surface area contributed by atoms with Crippen LogP contribution in [-0.2, 0) is 0 Å². The van der Waals surface area contributed by atoms with Crippen molar-refractivity contribution in [1.29, 1.82) is 5.26 Å². The number of nitriles is 1. The number of hydrogen-bond acceptors (Lipinski definition) is 2. The van der Waals surface area contributed by atoms with E-state index in [0.717, 1.165) is 24.0 Å². The summed E-state index contributed by atoms with van der Waals surface area (Å²) in [6, 6.07) is 17.4. The third-order valence-corrected chi connectivity index (χ3v) is 3.40. The van der Waals surface area contributed by atoms with Crippen LogP contribution in [0.2, 0.25) is 0 Å². The van der Waals surface area contributed by atoms with E-state index in [-0.39, 0.29) is 5.91 Å². The van der Waals surface area contributed by atoms with E-state index in [1.54, 1.807) is 12.1 Å². The highest BCUT2D eigenvalue weighted by molar-refractivity contribution is 5.96. The molecule has 0 saturated heterocycles. The zero-order valence-electron chi connectivity index (χ0n) is 11.0. The van der Waals surface area contributed by atoms with Gasteiger partial charge in [0.2, 0.25) is 0 Å². The van der Waals surface area contributed by atoms with Gasteiger partial charge in [0.1, 0.15) is 0 Å². The minimum absolute atomic E-state index is 0.0382. The number of nitrogens with zero attached hydrogens (tertiary/aromatic N) is 1. The fraction of sp³-hybridized carbons (Fsp3) is 0.176. The highest BCUT2D eigenvalue weighted by Gasteiger charge is 2.23. The molecule has 3 nitrogen and oxygen atoms in total. The number of amides is 1. The Hall–Kier alpha value is -2.60. The van der Waals surface area contributed by atoms with Gasteiger partial charge < -0.3 is 5.32 Å². The molecule has 2 aromatic rings. The number of nitrogens with one attached hydrogen (secondary N) is 1. The zero-order valence-corrected chi connectivity index (χ0v) is 11.0. The fourth-order valence-electron chi connectivity index (χ4n) is 2.16. The first-order valence-electron chi connectivity index (χ1n) is 6.68. The van der Waals surface area contributed by atoms with E-state index in [9.17, 15) is 4.79 Å². The minimum atomic E-state index is -0.0382. The molecule has 98 valence electrons. The summed E-state index contributed by atoms with van der Waals surface area (Å²) < 4.78 is 0. The maximum atomic E-state index is 12.1. The van der Waals surface area contributed by atoms with Crippen LogP contribution in [0.25, 0.3) is 11.1 Å². The monoisotopic (exact) mass is 262 g/mol. The number of carbonyl (C=O) groups is 1. The fourth-order valence-corrected chi connectivity index (χ4v) is 2.16. The highest BCUT2D eigenvalue weighted by atomic mass is 16.1. The van der Waals surface area contributed by atoms with E-state index in [4.69, 9.17) is 5.26 Å². The van der Waals surface area contributed by atoms with Gasteiger partial charge in [-0.1, -0.05) is 30.3 Å². The van der Waals surface area contributed by atoms with Crippen molar-refractivity contribution in [1.82, 2.24) is 5.32 Å². The summed E-state index contributed by atoms with van der Waals surface area (Å²) in [6.45, 7) is 0. The molecule has 0 spiro atoms. The first-order chi connectivity index (χ1) is 9.78. The summed E-state index contributed by atoms with van der Waals surface area (Å²) in [5.74, 6) is -0.0382. The molecule has 0 heterocycles. The van der Waals surface area contributed by atoms with Gasteiger partial charge in [0, 0.05) is 11.6 Å². The van der Waals surface area contributed by atoms with Crippen molar-refractivity contribution >= 4 is 5.91 Å². The maximum absolute atomic E-state index is 12.1. The molecule has 1 N–H and O–H groups in total. The Labute approximate surface area is 117 Å². The number of carbonyl (C=O) groups excluding carboxylic acids is 1. The SMILES string of the molecule is N#Cc1ccccc1-c1cccc(C(=O)NC2CC2)c1. The van der Waals surface area contributed by atoms with E-state index in [2.05, 4.69) is 11.4 Å². The molecule has 0 aromatic heterocycles. The van der Waals surface area contributed by atoms with Gasteiger partial charge in [-0.2, -0.15) is 5.26 Å². The summed E-state index contributed by atoms with van der Waals surface area (Å²) >= 11 is 0. The van der Waals surface area contributed by atoms with Crippen molar-refractivity contribution in [2.24, 2.45) is 0 Å². The topological polar surface area (TPSA) is 52.9 Å². The van der Waals surface area contributed by atoms with E-state index in [1.165, 1.54) is 0 Å². The predicted molar refractivity (Wildman–Crippen MR) is 77.1 cm³/mol. The minimum Gasteiger partial charge on any atom is -0.349 e. The number of hydrogen-bond donors (Lipinski definition) is 1. The predicted octanol–water partition coefficient (Wildman–Crippen LogP) is 3.12. The lowest BCUT2D eigenvalue weighted by Gasteiger charge is -2.07. The molecule has 1 saturated carbocycles. The zero-order chi connectivity index (χ0) is 13.9. The van der Waals surface area contributed by atoms with Crippen molar-refractivity contribution < 1.29 is 4.79 Å². The highest BCUT2D eigenvalue weighted by Crippen LogP contribution is 2.25. The maximum Gasteiger partial charge on any atom is 0.251 e. The summed E-state index contributed by atoms with van der Waals surface area (Å²) in [4.78, 5) is 12.1. The van der Waals surface area contributed by atoms with Gasteiger partial charge in [0.15, 0.2) is 0 Å². The summed E-state index contributed by atoms with van der Waals surface area (Å²) in [5, 5.41) is 12.1. The lowest BCUT2D eigenvalue weighted by atomic mass is 9.98. The van der Waals surface area contributed by atoms with Crippen LogP contribution in [0, 0.1) is 11.3 Å². The molecule has 3 heteroatoms. The molecule has 2 aromatic carbocycles. The van der Waals surface area contributed by atoms with Gasteiger partial charge in [-0.3, -0.25) is 4.79 Å². The van der Waals surface area contributed by atoms with Crippen LogP contribution in [0.15, 0.2) is 48.5 Å². The van der Waals surface area contributed by atoms with Gasteiger partial charge in [0.25, 0.3) is 5.91 Å². The second-order valence-electron chi connectivity index (χ2n) is 4.99. The standard InChI is InChI=1S/C17H14N2O/c18-11-14-4-1-2-7-16(14)12-5-3-6-13(10-12)17(20)19-15-8-9-15/h1-7,10,15H,8-9H2,(H,19,20). The smallest absolute Gasteiger partial charge is 0.251 e. The molecule has 1 aliphatic rings. The van der Waals surface area contributed by atoms with Crippen LogP contribution < -0.4 is 5.32 Å². The van der Waals surface area contributed by atoms with Crippen molar-refractivity contribution in [2.75, 3.05) is 0 Å². The van der Waals surface area contributed by atoms with Crippen molar-refractivity contribution in [3.05, 3.63) is 59.7 Å². The van der Waals surface area contributed by atoms with Crippen molar-refractivity contribution in [3.8, 4) is 17.2 Å². The lowest BCUT2D eigenvalue weighted by Crippen LogP contribution is -2.25. The lowest BCUT2D eigenvalue weighted by molar-refractivity contribution is 0.0951. The Kier molecular flexibility index (Phi) is 3.22. The van der Waals surface area contributed by atoms with Crippen LogP contribution in [0.1, 0.15) is 28.8 Å². The molecular weight excluding hydrogens is 248 g/mol. The first kappa shape index (κ1) is 12.4. The van der Waals surface area contributed by atoms with E-state index in [1.807, 2.05) is 36.4 Å². The Morgan fingerprint density at radius 2 is 1.95 bits per heavy atom. The molecule has 1 fully saturated rings. The normalized spacial score (nSPS) is 13.6. The van der Waals surface area contributed by atoms with Gasteiger partial charge in [-0.25, -0.2) is 0 Å². The molecule has 0 unspecified atom stereocenters. The summed E-state index contributed by atoms with van der Waals surface area (Å²) in [5.41, 5.74) is 3.01. The molecule has 0 bridgehead atoms. The van der Waals surface area contributed by atoms with Gasteiger partial charge >= 0.3 is 0 Å². The van der Waals surface area contributed by atoms with Crippen LogP contribution >= 0.6 is 0 Å². The molecular formula is C17H14N2O. The Morgan fingerprint density at radius 3 is 2.70 bits per heavy atom. The Morgan fingerprint density at radius 1 is 1.15 bits per heavy atom. The molecule has 1 amide bonds. The molecule has 0 atom stereocenters. The molecule has 20 heavy (non-hydrogen) atoms. The van der Waals surface area contributed by atoms with Crippen LogP contribution in [-0.4, -0.2) is 11.9 Å². The third kappa shape index (κ3) is 2.55. The van der Waals surface area contributed by atoms with Crippen molar-refractivity contribution in [3.63, 3.8) is 0 Å². The van der Waals surface area contributed by atoms with E-state index >= 15 is 0 Å². The van der Waals surface area contributed by atoms with Crippen LogP contribution in [0.5, 0.6) is 0 Å². The Bertz CT molecular complexity index is 696. The molecule has 0 aliphatic heterocycles. The van der Waals surface area contributed by atoms with Crippen molar-refractivity contribution in [2.45, 2.75) is 18.9 Å². The van der Waals surface area contributed by atoms with Gasteiger partial charge in [0.05, 0.1) is 11.6 Å². The first-order valence-corrected chi connectivity index (χ1v) is 6.68. The quantitative estimate of drug-likeness (QED) is 0.924. The van der Waals surface area contributed by atoms with E-state index < -0.39 is 0 Å². The number of benzene rings is 2. The second-order valence-corrected chi connectivity index (χ2v) is 4.99. The van der Waals surface area contributed by atoms with E-state index in [0.29, 0.717) is 17.2 Å². The average molecular weight is 262 g/mol. The van der Waals surface area contributed by atoms with Gasteiger partial charge in [-0.15, -0.1) is 0 Å². The van der Waals surface area contributed by atoms with Crippen LogP contribution in [0.3, 0.4) is 0 Å². The van der Waals surface area contributed by atoms with Gasteiger partial charge in [-0.05, 0) is 42.2 Å². The summed E-state index contributed by atoms with van der Waals surface area (Å²) in [6.07, 6.45) is 2.14. The number of rotatable bonds is 3. The summed E-state index contributed by atoms with van der Waals surface area (Å²) in [7, 11) is 0. The molecule has 0 radical (unpaired) electrons. The molecule has 3 rings (SSSR count). The average Bonchev–Trinajstić information content (AvgIpc) is 3.31. The third-order valence-electron chi connectivity index (χ3n) is 3.40. The van der Waals surface area contributed by atoms with Crippen LogP contribution in [0.4, 0.5) is 0 Å². The largest absolute Gasteiger partial charge is 0.349 e. The Balaban J connectivity index is 1.94.